The average molecular weight is 289 g/mol. The number of carbonyl (C=O) groups excluding carboxylic acids is 1. The lowest BCUT2D eigenvalue weighted by Gasteiger charge is -2.39. The molecule has 0 bridgehead atoms. The van der Waals surface area contributed by atoms with Crippen LogP contribution in [0.2, 0.25) is 0 Å². The molecular formula is C13H27N3O4. The summed E-state index contributed by atoms with van der Waals surface area (Å²) in [4.78, 5) is 11.8. The third kappa shape index (κ3) is 4.99. The summed E-state index contributed by atoms with van der Waals surface area (Å²) < 4.78 is 5.25. The molecule has 7 nitrogen and oxygen atoms in total. The van der Waals surface area contributed by atoms with Crippen molar-refractivity contribution < 1.29 is 19.7 Å². The minimum absolute atomic E-state index is 0.162. The molecular weight excluding hydrogens is 262 g/mol. The molecule has 7 heteroatoms. The van der Waals surface area contributed by atoms with Crippen LogP contribution in [0.25, 0.3) is 0 Å². The number of amides is 1. The van der Waals surface area contributed by atoms with E-state index in [0.717, 1.165) is 12.8 Å². The summed E-state index contributed by atoms with van der Waals surface area (Å²) in [6.07, 6.45) is 1.58. The van der Waals surface area contributed by atoms with Crippen LogP contribution in [0.4, 0.5) is 0 Å². The van der Waals surface area contributed by atoms with Crippen LogP contribution in [0.1, 0.15) is 32.6 Å². The van der Waals surface area contributed by atoms with E-state index in [1.165, 1.54) is 0 Å². The van der Waals surface area contributed by atoms with Gasteiger partial charge in [-0.1, -0.05) is 13.3 Å². The van der Waals surface area contributed by atoms with Gasteiger partial charge in [0.05, 0.1) is 19.2 Å². The molecule has 118 valence electrons. The zero-order valence-corrected chi connectivity index (χ0v) is 12.0. The number of aliphatic hydroxyl groups excluding tert-OH is 1. The van der Waals surface area contributed by atoms with Crippen molar-refractivity contribution in [3.8, 4) is 0 Å². The first-order chi connectivity index (χ1) is 9.39. The summed E-state index contributed by atoms with van der Waals surface area (Å²) in [5, 5.41) is 22.5. The summed E-state index contributed by atoms with van der Waals surface area (Å²) in [7, 11) is 0. The Morgan fingerprint density at radius 2 is 2.25 bits per heavy atom. The van der Waals surface area contributed by atoms with Crippen molar-refractivity contribution in [1.29, 1.82) is 0 Å². The molecule has 0 aliphatic carbocycles. The molecule has 4 atom stereocenters. The first kappa shape index (κ1) is 17.3. The maximum Gasteiger partial charge on any atom is 0.237 e. The number of hydrogen-bond acceptors (Lipinski definition) is 6. The highest BCUT2D eigenvalue weighted by molar-refractivity contribution is 5.81. The number of nitrogens with one attached hydrogen (secondary N) is 1. The van der Waals surface area contributed by atoms with Gasteiger partial charge in [-0.2, -0.15) is 0 Å². The van der Waals surface area contributed by atoms with Crippen molar-refractivity contribution in [2.24, 2.45) is 17.4 Å². The molecule has 7 N–H and O–H groups in total. The van der Waals surface area contributed by atoms with E-state index >= 15 is 0 Å². The third-order valence-electron chi connectivity index (χ3n) is 3.59. The van der Waals surface area contributed by atoms with Gasteiger partial charge in [0, 0.05) is 0 Å². The summed E-state index contributed by atoms with van der Waals surface area (Å²) in [6.45, 7) is 2.69. The maximum absolute atomic E-state index is 11.8. The lowest BCUT2D eigenvalue weighted by atomic mass is 9.94. The van der Waals surface area contributed by atoms with Crippen LogP contribution in [0.15, 0.2) is 0 Å². The van der Waals surface area contributed by atoms with Crippen LogP contribution in [0, 0.1) is 5.92 Å². The molecule has 1 amide bonds. The normalized spacial score (nSPS) is 31.9. The first-order valence-electron chi connectivity index (χ1n) is 7.17. The first-order valence-corrected chi connectivity index (χ1v) is 7.17. The van der Waals surface area contributed by atoms with E-state index < -0.39 is 17.9 Å². The van der Waals surface area contributed by atoms with Crippen LogP contribution in [-0.4, -0.2) is 53.7 Å². The minimum atomic E-state index is -1.72. The monoisotopic (exact) mass is 289 g/mol. The Labute approximate surface area is 119 Å². The van der Waals surface area contributed by atoms with Gasteiger partial charge in [-0.3, -0.25) is 4.79 Å². The second kappa shape index (κ2) is 7.90. The summed E-state index contributed by atoms with van der Waals surface area (Å²) in [6, 6.07) is -0.634. The van der Waals surface area contributed by atoms with Gasteiger partial charge in [-0.15, -0.1) is 0 Å². The molecule has 1 aliphatic heterocycles. The van der Waals surface area contributed by atoms with E-state index in [4.69, 9.17) is 16.2 Å². The molecule has 0 saturated carbocycles. The van der Waals surface area contributed by atoms with E-state index in [0.29, 0.717) is 26.0 Å². The number of carbonyl (C=O) groups is 1. The quantitative estimate of drug-likeness (QED) is 0.369. The minimum Gasteiger partial charge on any atom is -0.387 e. The lowest BCUT2D eigenvalue weighted by molar-refractivity contribution is -0.281. The van der Waals surface area contributed by atoms with Crippen molar-refractivity contribution >= 4 is 5.91 Å². The van der Waals surface area contributed by atoms with Gasteiger partial charge < -0.3 is 31.7 Å². The standard InChI is InChI=1S/C13H27N3O4/c1-9-6-11(17)13(19,20-7-9)8-16-12(18)10(15)4-2-3-5-14/h9-11,17,19H,2-8,14-15H2,1H3,(H,16,18)/t9?,10-,11?,13-/m0/s1. The SMILES string of the molecule is CC1CO[C@@](O)(CNC(=O)[C@@H](N)CCCCN)C(O)C1. The van der Waals surface area contributed by atoms with Gasteiger partial charge in [0.25, 0.3) is 0 Å². The Hall–Kier alpha value is -0.730. The summed E-state index contributed by atoms with van der Waals surface area (Å²) in [5.41, 5.74) is 11.1. The number of aliphatic hydroxyl groups is 2. The molecule has 1 fully saturated rings. The van der Waals surface area contributed by atoms with Crippen molar-refractivity contribution in [1.82, 2.24) is 5.32 Å². The van der Waals surface area contributed by atoms with Gasteiger partial charge >= 0.3 is 0 Å². The number of rotatable bonds is 7. The molecule has 0 aromatic carbocycles. The fraction of sp³-hybridized carbons (Fsp3) is 0.923. The van der Waals surface area contributed by atoms with Crippen molar-refractivity contribution in [2.75, 3.05) is 19.7 Å². The van der Waals surface area contributed by atoms with E-state index in [-0.39, 0.29) is 18.4 Å². The van der Waals surface area contributed by atoms with Gasteiger partial charge in [-0.05, 0) is 31.7 Å². The third-order valence-corrected chi connectivity index (χ3v) is 3.59. The Morgan fingerprint density at radius 3 is 2.85 bits per heavy atom. The zero-order valence-electron chi connectivity index (χ0n) is 12.0. The highest BCUT2D eigenvalue weighted by Crippen LogP contribution is 2.25. The summed E-state index contributed by atoms with van der Waals surface area (Å²) in [5.74, 6) is -1.90. The second-order valence-corrected chi connectivity index (χ2v) is 5.62. The smallest absolute Gasteiger partial charge is 0.237 e. The van der Waals surface area contributed by atoms with Crippen LogP contribution in [0.3, 0.4) is 0 Å². The predicted octanol–water partition coefficient (Wildman–Crippen LogP) is -1.34. The zero-order chi connectivity index (χ0) is 15.2. The molecule has 1 saturated heterocycles. The van der Waals surface area contributed by atoms with E-state index in [2.05, 4.69) is 5.32 Å². The van der Waals surface area contributed by atoms with E-state index in [1.54, 1.807) is 0 Å². The second-order valence-electron chi connectivity index (χ2n) is 5.62. The molecule has 0 spiro atoms. The lowest BCUT2D eigenvalue weighted by Crippen LogP contribution is -2.58. The molecule has 1 rings (SSSR count). The number of ether oxygens (including phenoxy) is 1. The number of nitrogens with two attached hydrogens (primary N) is 2. The maximum atomic E-state index is 11.8. The van der Waals surface area contributed by atoms with Crippen molar-refractivity contribution in [3.63, 3.8) is 0 Å². The van der Waals surface area contributed by atoms with Crippen LogP contribution < -0.4 is 16.8 Å². The van der Waals surface area contributed by atoms with Gasteiger partial charge in [-0.25, -0.2) is 0 Å². The largest absolute Gasteiger partial charge is 0.387 e. The molecule has 0 aromatic heterocycles. The highest BCUT2D eigenvalue weighted by Gasteiger charge is 2.42. The van der Waals surface area contributed by atoms with Gasteiger partial charge in [0.2, 0.25) is 11.7 Å². The van der Waals surface area contributed by atoms with E-state index in [9.17, 15) is 15.0 Å². The Bertz CT molecular complexity index is 316. The molecule has 0 aromatic rings. The Morgan fingerprint density at radius 1 is 1.55 bits per heavy atom. The number of unbranched alkanes of at least 4 members (excludes halogenated alkanes) is 1. The van der Waals surface area contributed by atoms with Crippen LogP contribution >= 0.6 is 0 Å². The Kier molecular flexibility index (Phi) is 6.84. The topological polar surface area (TPSA) is 131 Å². The van der Waals surface area contributed by atoms with Crippen molar-refractivity contribution in [2.45, 2.75) is 50.5 Å². The molecule has 0 radical (unpaired) electrons. The van der Waals surface area contributed by atoms with Crippen molar-refractivity contribution in [3.05, 3.63) is 0 Å². The summed E-state index contributed by atoms with van der Waals surface area (Å²) >= 11 is 0. The molecule has 1 heterocycles. The molecule has 20 heavy (non-hydrogen) atoms. The fourth-order valence-corrected chi connectivity index (χ4v) is 2.17. The fourth-order valence-electron chi connectivity index (χ4n) is 2.17. The molecule has 1 aliphatic rings. The number of hydrogen-bond donors (Lipinski definition) is 5. The van der Waals surface area contributed by atoms with Gasteiger partial charge in [0.15, 0.2) is 0 Å². The Balaban J connectivity index is 2.35. The predicted molar refractivity (Wildman–Crippen MR) is 74.6 cm³/mol. The van der Waals surface area contributed by atoms with Crippen LogP contribution in [-0.2, 0) is 9.53 Å². The van der Waals surface area contributed by atoms with E-state index in [1.807, 2.05) is 6.92 Å². The van der Waals surface area contributed by atoms with Crippen LogP contribution in [0.5, 0.6) is 0 Å². The molecule has 2 unspecified atom stereocenters. The average Bonchev–Trinajstić information content (AvgIpc) is 2.41. The highest BCUT2D eigenvalue weighted by atomic mass is 16.6. The van der Waals surface area contributed by atoms with Gasteiger partial charge in [0.1, 0.15) is 6.10 Å².